The molecule has 0 amide bonds. The third-order valence-electron chi connectivity index (χ3n) is 3.06. The van der Waals surface area contributed by atoms with Gasteiger partial charge in [-0.25, -0.2) is 0 Å². The van der Waals surface area contributed by atoms with Gasteiger partial charge in [-0.3, -0.25) is 9.78 Å². The van der Waals surface area contributed by atoms with E-state index in [0.717, 1.165) is 0 Å². The van der Waals surface area contributed by atoms with Gasteiger partial charge in [0.25, 0.3) is 0 Å². The molecule has 1 aromatic rings. The fourth-order valence-electron chi connectivity index (χ4n) is 1.74. The molecule has 4 nitrogen and oxygen atoms in total. The predicted octanol–water partition coefficient (Wildman–Crippen LogP) is 2.57. The topological polar surface area (TPSA) is 65.2 Å². The molecule has 2 N–H and O–H groups in total. The maximum absolute atomic E-state index is 12.3. The molecule has 0 spiro atoms. The van der Waals surface area contributed by atoms with E-state index in [0.29, 0.717) is 24.2 Å². The molecular weight excluding hydrogens is 228 g/mol. The summed E-state index contributed by atoms with van der Waals surface area (Å²) in [6, 6.07) is 1.71. The van der Waals surface area contributed by atoms with Crippen LogP contribution in [0.1, 0.15) is 50.9 Å². The highest BCUT2D eigenvalue weighted by Crippen LogP contribution is 2.21. The summed E-state index contributed by atoms with van der Waals surface area (Å²) in [5.41, 5.74) is 5.81. The van der Waals surface area contributed by atoms with Crippen molar-refractivity contribution in [2.24, 2.45) is 5.73 Å². The molecule has 18 heavy (non-hydrogen) atoms. The molecule has 0 aliphatic heterocycles. The molecule has 0 radical (unpaired) electrons. The summed E-state index contributed by atoms with van der Waals surface area (Å²) < 4.78 is 5.53. The van der Waals surface area contributed by atoms with Gasteiger partial charge in [0, 0.05) is 11.8 Å². The van der Waals surface area contributed by atoms with E-state index in [-0.39, 0.29) is 11.9 Å². The number of rotatable bonds is 6. The maximum atomic E-state index is 12.3. The number of hydrogen-bond acceptors (Lipinski definition) is 4. The second-order valence-corrected chi connectivity index (χ2v) is 4.77. The second-order valence-electron chi connectivity index (χ2n) is 4.77. The number of hydrogen-bond donors (Lipinski definition) is 1. The van der Waals surface area contributed by atoms with Gasteiger partial charge in [0.2, 0.25) is 0 Å². The fraction of sp³-hybridized carbons (Fsp3) is 0.571. The van der Waals surface area contributed by atoms with Crippen LogP contribution in [0.4, 0.5) is 0 Å². The lowest BCUT2D eigenvalue weighted by Crippen LogP contribution is -2.46. The zero-order valence-electron chi connectivity index (χ0n) is 11.6. The van der Waals surface area contributed by atoms with Crippen molar-refractivity contribution >= 4 is 5.78 Å². The molecule has 1 rings (SSSR count). The second kappa shape index (κ2) is 5.96. The van der Waals surface area contributed by atoms with E-state index in [1.165, 1.54) is 0 Å². The highest BCUT2D eigenvalue weighted by Gasteiger charge is 2.31. The molecule has 1 aromatic heterocycles. The summed E-state index contributed by atoms with van der Waals surface area (Å²) in [5, 5.41) is 0. The molecule has 0 fully saturated rings. The van der Waals surface area contributed by atoms with Crippen molar-refractivity contribution in [3.8, 4) is 5.75 Å². The van der Waals surface area contributed by atoms with Crippen LogP contribution in [0.2, 0.25) is 0 Å². The predicted molar refractivity (Wildman–Crippen MR) is 71.8 cm³/mol. The van der Waals surface area contributed by atoms with Gasteiger partial charge in [-0.05, 0) is 32.8 Å². The third-order valence-corrected chi connectivity index (χ3v) is 3.06. The van der Waals surface area contributed by atoms with E-state index >= 15 is 0 Å². The Hall–Kier alpha value is -1.42. The van der Waals surface area contributed by atoms with Crippen molar-refractivity contribution < 1.29 is 9.53 Å². The summed E-state index contributed by atoms with van der Waals surface area (Å²) in [7, 11) is 0. The molecule has 0 unspecified atom stereocenters. The van der Waals surface area contributed by atoms with E-state index < -0.39 is 5.54 Å². The number of carbonyl (C=O) groups is 1. The van der Waals surface area contributed by atoms with Crippen LogP contribution < -0.4 is 10.5 Å². The largest absolute Gasteiger partial charge is 0.489 e. The van der Waals surface area contributed by atoms with Crippen LogP contribution in [-0.4, -0.2) is 22.4 Å². The quantitative estimate of drug-likeness (QED) is 0.788. The molecule has 4 heteroatoms. The average Bonchev–Trinajstić information content (AvgIpc) is 2.36. The van der Waals surface area contributed by atoms with Crippen molar-refractivity contribution in [1.29, 1.82) is 0 Å². The minimum atomic E-state index is -0.807. The number of ether oxygens (including phenoxy) is 1. The summed E-state index contributed by atoms with van der Waals surface area (Å²) in [6.45, 7) is 7.70. The Bertz CT molecular complexity index is 412. The first-order valence-corrected chi connectivity index (χ1v) is 6.38. The Morgan fingerprint density at radius 1 is 1.39 bits per heavy atom. The standard InChI is InChI=1S/C14H22N2O2/c1-5-14(15,6-2)13(17)11-7-12(9-16-8-11)18-10(3)4/h7-10H,5-6,15H2,1-4H3. The van der Waals surface area contributed by atoms with Gasteiger partial charge in [-0.15, -0.1) is 0 Å². The van der Waals surface area contributed by atoms with E-state index in [1.807, 2.05) is 27.7 Å². The molecule has 0 aliphatic rings. The average molecular weight is 250 g/mol. The molecule has 0 atom stereocenters. The normalized spacial score (nSPS) is 11.7. The first kappa shape index (κ1) is 14.6. The minimum absolute atomic E-state index is 0.0529. The number of carbonyl (C=O) groups excluding carboxylic acids is 1. The number of aromatic nitrogens is 1. The number of nitrogens with two attached hydrogens (primary N) is 1. The Balaban J connectivity index is 2.99. The maximum Gasteiger partial charge on any atom is 0.184 e. The highest BCUT2D eigenvalue weighted by molar-refractivity contribution is 6.03. The highest BCUT2D eigenvalue weighted by atomic mass is 16.5. The molecule has 100 valence electrons. The zero-order valence-corrected chi connectivity index (χ0v) is 11.6. The van der Waals surface area contributed by atoms with Crippen LogP contribution in [0.3, 0.4) is 0 Å². The van der Waals surface area contributed by atoms with Crippen LogP contribution in [-0.2, 0) is 0 Å². The molecule has 1 heterocycles. The lowest BCUT2D eigenvalue weighted by Gasteiger charge is -2.24. The Kier molecular flexibility index (Phi) is 4.84. The third kappa shape index (κ3) is 3.29. The first-order chi connectivity index (χ1) is 8.42. The summed E-state index contributed by atoms with van der Waals surface area (Å²) in [6.07, 6.45) is 4.42. The van der Waals surface area contributed by atoms with Crippen LogP contribution in [0.15, 0.2) is 18.5 Å². The van der Waals surface area contributed by atoms with E-state index in [1.54, 1.807) is 18.5 Å². The van der Waals surface area contributed by atoms with Crippen LogP contribution >= 0.6 is 0 Å². The monoisotopic (exact) mass is 250 g/mol. The van der Waals surface area contributed by atoms with Crippen LogP contribution in [0, 0.1) is 0 Å². The van der Waals surface area contributed by atoms with E-state index in [2.05, 4.69) is 4.98 Å². The lowest BCUT2D eigenvalue weighted by molar-refractivity contribution is 0.0878. The Morgan fingerprint density at radius 2 is 2.00 bits per heavy atom. The summed E-state index contributed by atoms with van der Waals surface area (Å²) >= 11 is 0. The number of pyridine rings is 1. The summed E-state index contributed by atoms with van der Waals surface area (Å²) in [4.78, 5) is 16.4. The molecular formula is C14H22N2O2. The smallest absolute Gasteiger partial charge is 0.184 e. The molecule has 0 aliphatic carbocycles. The zero-order chi connectivity index (χ0) is 13.8. The van der Waals surface area contributed by atoms with Crippen molar-refractivity contribution in [3.63, 3.8) is 0 Å². The first-order valence-electron chi connectivity index (χ1n) is 6.38. The Labute approximate surface area is 109 Å². The molecule has 0 bridgehead atoms. The molecule has 0 saturated carbocycles. The Morgan fingerprint density at radius 3 is 2.50 bits per heavy atom. The van der Waals surface area contributed by atoms with Gasteiger partial charge in [-0.1, -0.05) is 13.8 Å². The van der Waals surface area contributed by atoms with Crippen LogP contribution in [0.25, 0.3) is 0 Å². The van der Waals surface area contributed by atoms with Gasteiger partial charge >= 0.3 is 0 Å². The molecule has 0 saturated heterocycles. The van der Waals surface area contributed by atoms with Gasteiger partial charge < -0.3 is 10.5 Å². The van der Waals surface area contributed by atoms with Gasteiger partial charge in [0.15, 0.2) is 5.78 Å². The van der Waals surface area contributed by atoms with Gasteiger partial charge in [-0.2, -0.15) is 0 Å². The minimum Gasteiger partial charge on any atom is -0.489 e. The van der Waals surface area contributed by atoms with Gasteiger partial charge in [0.05, 0.1) is 17.8 Å². The van der Waals surface area contributed by atoms with Crippen molar-refractivity contribution in [1.82, 2.24) is 4.98 Å². The van der Waals surface area contributed by atoms with E-state index in [4.69, 9.17) is 10.5 Å². The number of ketones is 1. The number of Topliss-reactive ketones (excluding diaryl/α,β-unsaturated/α-hetero) is 1. The molecule has 0 aromatic carbocycles. The lowest BCUT2D eigenvalue weighted by atomic mass is 9.86. The van der Waals surface area contributed by atoms with Crippen molar-refractivity contribution in [2.45, 2.75) is 52.2 Å². The van der Waals surface area contributed by atoms with E-state index in [9.17, 15) is 4.79 Å². The fourth-order valence-corrected chi connectivity index (χ4v) is 1.74. The SMILES string of the molecule is CCC(N)(CC)C(=O)c1cncc(OC(C)C)c1. The van der Waals surface area contributed by atoms with Crippen molar-refractivity contribution in [3.05, 3.63) is 24.0 Å². The summed E-state index contributed by atoms with van der Waals surface area (Å²) in [5.74, 6) is 0.527. The van der Waals surface area contributed by atoms with Crippen LogP contribution in [0.5, 0.6) is 5.75 Å². The van der Waals surface area contributed by atoms with Crippen molar-refractivity contribution in [2.75, 3.05) is 0 Å². The number of nitrogens with zero attached hydrogens (tertiary/aromatic N) is 1. The van der Waals surface area contributed by atoms with Gasteiger partial charge in [0.1, 0.15) is 5.75 Å².